The fourth-order valence-corrected chi connectivity index (χ4v) is 2.22. The Balaban J connectivity index is 2.58. The molecule has 0 radical (unpaired) electrons. The first-order valence-corrected chi connectivity index (χ1v) is 6.37. The molecule has 0 unspecified atom stereocenters. The van der Waals surface area contributed by atoms with Gasteiger partial charge in [-0.25, -0.2) is 9.97 Å². The van der Waals surface area contributed by atoms with Crippen LogP contribution < -0.4 is 10.1 Å². The van der Waals surface area contributed by atoms with Crippen LogP contribution in [0.1, 0.15) is 18.1 Å². The van der Waals surface area contributed by atoms with Crippen molar-refractivity contribution < 1.29 is 4.74 Å². The van der Waals surface area contributed by atoms with Crippen LogP contribution in [0, 0.1) is 6.92 Å². The number of aromatic nitrogens is 2. The van der Waals surface area contributed by atoms with Crippen molar-refractivity contribution in [1.82, 2.24) is 9.97 Å². The Morgan fingerprint density at radius 2 is 2.05 bits per heavy atom. The summed E-state index contributed by atoms with van der Waals surface area (Å²) in [7, 11) is 3.56. The third-order valence-electron chi connectivity index (χ3n) is 3.22. The van der Waals surface area contributed by atoms with Crippen LogP contribution in [0.25, 0.3) is 11.3 Å². The van der Waals surface area contributed by atoms with Gasteiger partial charge in [-0.15, -0.1) is 0 Å². The molecule has 0 saturated heterocycles. The number of hydrogen-bond donors (Lipinski definition) is 1. The van der Waals surface area contributed by atoms with Gasteiger partial charge in [-0.2, -0.15) is 0 Å². The molecule has 0 aliphatic carbocycles. The fraction of sp³-hybridized carbons (Fsp3) is 0.333. The maximum Gasteiger partial charge on any atom is 0.132 e. The Bertz CT molecular complexity index is 582. The fourth-order valence-electron chi connectivity index (χ4n) is 2.22. The van der Waals surface area contributed by atoms with Gasteiger partial charge in [0.15, 0.2) is 0 Å². The van der Waals surface area contributed by atoms with Crippen molar-refractivity contribution in [2.45, 2.75) is 20.3 Å². The molecule has 0 spiro atoms. The average Bonchev–Trinajstić information content (AvgIpc) is 2.46. The van der Waals surface area contributed by atoms with Crippen LogP contribution >= 0.6 is 0 Å². The number of rotatable bonds is 4. The van der Waals surface area contributed by atoms with E-state index in [0.717, 1.165) is 40.4 Å². The molecule has 0 aliphatic heterocycles. The van der Waals surface area contributed by atoms with E-state index >= 15 is 0 Å². The summed E-state index contributed by atoms with van der Waals surface area (Å²) < 4.78 is 5.24. The molecule has 0 atom stereocenters. The number of ether oxygens (including phenoxy) is 1. The number of aryl methyl sites for hydroxylation is 1. The highest BCUT2D eigenvalue weighted by Crippen LogP contribution is 2.30. The molecule has 4 heteroatoms. The summed E-state index contributed by atoms with van der Waals surface area (Å²) >= 11 is 0. The largest absolute Gasteiger partial charge is 0.497 e. The number of anilines is 1. The van der Waals surface area contributed by atoms with Gasteiger partial charge in [-0.05, 0) is 37.1 Å². The molecule has 4 nitrogen and oxygen atoms in total. The molecule has 2 rings (SSSR count). The molecule has 0 fully saturated rings. The molecule has 1 aromatic heterocycles. The molecule has 1 aromatic carbocycles. The van der Waals surface area contributed by atoms with Crippen molar-refractivity contribution in [3.63, 3.8) is 0 Å². The minimum absolute atomic E-state index is 0.863. The van der Waals surface area contributed by atoms with Crippen LogP contribution in [0.3, 0.4) is 0 Å². The molecule has 2 aromatic rings. The predicted molar refractivity (Wildman–Crippen MR) is 77.7 cm³/mol. The molecule has 0 aliphatic rings. The summed E-state index contributed by atoms with van der Waals surface area (Å²) in [5, 5.41) is 3.12. The van der Waals surface area contributed by atoms with Crippen LogP contribution in [0.15, 0.2) is 24.5 Å². The topological polar surface area (TPSA) is 47.0 Å². The zero-order valence-electron chi connectivity index (χ0n) is 11.8. The summed E-state index contributed by atoms with van der Waals surface area (Å²) in [5.74, 6) is 1.75. The van der Waals surface area contributed by atoms with Gasteiger partial charge in [0.25, 0.3) is 0 Å². The number of benzene rings is 1. The molecule has 0 bridgehead atoms. The van der Waals surface area contributed by atoms with Gasteiger partial charge < -0.3 is 10.1 Å². The van der Waals surface area contributed by atoms with Gasteiger partial charge in [0.2, 0.25) is 0 Å². The Kier molecular flexibility index (Phi) is 4.00. The molecular weight excluding hydrogens is 238 g/mol. The van der Waals surface area contributed by atoms with Gasteiger partial charge in [-0.3, -0.25) is 0 Å². The summed E-state index contributed by atoms with van der Waals surface area (Å²) in [6.45, 7) is 4.18. The molecule has 100 valence electrons. The Morgan fingerprint density at radius 1 is 1.26 bits per heavy atom. The van der Waals surface area contributed by atoms with Crippen LogP contribution in [-0.2, 0) is 6.42 Å². The predicted octanol–water partition coefficient (Wildman–Crippen LogP) is 3.06. The first-order chi connectivity index (χ1) is 9.21. The maximum atomic E-state index is 5.24. The quantitative estimate of drug-likeness (QED) is 0.914. The van der Waals surface area contributed by atoms with Crippen LogP contribution in [0.4, 0.5) is 5.82 Å². The smallest absolute Gasteiger partial charge is 0.132 e. The molecule has 1 heterocycles. The number of methoxy groups -OCH3 is 1. The van der Waals surface area contributed by atoms with E-state index in [2.05, 4.69) is 35.2 Å². The highest BCUT2D eigenvalue weighted by Gasteiger charge is 2.12. The van der Waals surface area contributed by atoms with Crippen molar-refractivity contribution in [1.29, 1.82) is 0 Å². The highest BCUT2D eigenvalue weighted by molar-refractivity contribution is 5.71. The van der Waals surface area contributed by atoms with E-state index in [1.54, 1.807) is 13.4 Å². The number of nitrogens with one attached hydrogen (secondary N) is 1. The molecule has 19 heavy (non-hydrogen) atoms. The Labute approximate surface area is 113 Å². The van der Waals surface area contributed by atoms with E-state index in [1.165, 1.54) is 0 Å². The van der Waals surface area contributed by atoms with Crippen LogP contribution in [-0.4, -0.2) is 24.1 Å². The van der Waals surface area contributed by atoms with E-state index < -0.39 is 0 Å². The molecule has 0 saturated carbocycles. The van der Waals surface area contributed by atoms with Crippen LogP contribution in [0.5, 0.6) is 5.75 Å². The van der Waals surface area contributed by atoms with Gasteiger partial charge in [-0.1, -0.05) is 6.92 Å². The SMILES string of the molecule is CCc1c(NC)ncnc1-c1ccc(OC)cc1C. The van der Waals surface area contributed by atoms with E-state index in [4.69, 9.17) is 4.74 Å². The Morgan fingerprint density at radius 3 is 2.63 bits per heavy atom. The lowest BCUT2D eigenvalue weighted by Crippen LogP contribution is -2.02. The van der Waals surface area contributed by atoms with Gasteiger partial charge in [0.1, 0.15) is 17.9 Å². The van der Waals surface area contributed by atoms with Crippen molar-refractivity contribution in [3.05, 3.63) is 35.7 Å². The molecule has 1 N–H and O–H groups in total. The minimum Gasteiger partial charge on any atom is -0.497 e. The van der Waals surface area contributed by atoms with Crippen molar-refractivity contribution >= 4 is 5.82 Å². The van der Waals surface area contributed by atoms with E-state index in [9.17, 15) is 0 Å². The van der Waals surface area contributed by atoms with Crippen LogP contribution in [0.2, 0.25) is 0 Å². The minimum atomic E-state index is 0.863. The molecular formula is C15H19N3O. The summed E-state index contributed by atoms with van der Waals surface area (Å²) in [4.78, 5) is 8.72. The summed E-state index contributed by atoms with van der Waals surface area (Å²) in [5.41, 5.74) is 4.40. The third kappa shape index (κ3) is 2.52. The number of hydrogen-bond acceptors (Lipinski definition) is 4. The Hall–Kier alpha value is -2.10. The van der Waals surface area contributed by atoms with E-state index in [-0.39, 0.29) is 0 Å². The first-order valence-electron chi connectivity index (χ1n) is 6.37. The highest BCUT2D eigenvalue weighted by atomic mass is 16.5. The van der Waals surface area contributed by atoms with E-state index in [0.29, 0.717) is 0 Å². The lowest BCUT2D eigenvalue weighted by atomic mass is 10.00. The zero-order chi connectivity index (χ0) is 13.8. The summed E-state index contributed by atoms with van der Waals surface area (Å²) in [6, 6.07) is 6.04. The molecule has 0 amide bonds. The van der Waals surface area contributed by atoms with E-state index in [1.807, 2.05) is 19.2 Å². The normalized spacial score (nSPS) is 10.3. The van der Waals surface area contributed by atoms with Gasteiger partial charge >= 0.3 is 0 Å². The monoisotopic (exact) mass is 257 g/mol. The summed E-state index contributed by atoms with van der Waals surface area (Å²) in [6.07, 6.45) is 2.49. The lowest BCUT2D eigenvalue weighted by molar-refractivity contribution is 0.414. The number of nitrogens with zero attached hydrogens (tertiary/aromatic N) is 2. The van der Waals surface area contributed by atoms with Crippen molar-refractivity contribution in [3.8, 4) is 17.0 Å². The van der Waals surface area contributed by atoms with Crippen molar-refractivity contribution in [2.24, 2.45) is 0 Å². The average molecular weight is 257 g/mol. The van der Waals surface area contributed by atoms with Gasteiger partial charge in [0.05, 0.1) is 12.8 Å². The second-order valence-corrected chi connectivity index (χ2v) is 4.33. The van der Waals surface area contributed by atoms with Crippen molar-refractivity contribution in [2.75, 3.05) is 19.5 Å². The standard InChI is InChI=1S/C15H19N3O/c1-5-12-14(17-9-18-15(12)16-3)13-7-6-11(19-4)8-10(13)2/h6-9H,5H2,1-4H3,(H,16,17,18). The van der Waals surface area contributed by atoms with Gasteiger partial charge in [0, 0.05) is 18.2 Å². The maximum absolute atomic E-state index is 5.24. The second-order valence-electron chi connectivity index (χ2n) is 4.33. The first kappa shape index (κ1) is 13.3. The lowest BCUT2D eigenvalue weighted by Gasteiger charge is -2.13. The third-order valence-corrected chi connectivity index (χ3v) is 3.22. The second kappa shape index (κ2) is 5.69. The zero-order valence-corrected chi connectivity index (χ0v) is 11.8.